The highest BCUT2D eigenvalue weighted by Crippen LogP contribution is 2.42. The minimum absolute atomic E-state index is 0.0562. The average molecular weight is 333 g/mol. The molecular formula is C16H15NO5S. The van der Waals surface area contributed by atoms with Gasteiger partial charge < -0.3 is 19.6 Å². The van der Waals surface area contributed by atoms with E-state index in [4.69, 9.17) is 19.6 Å². The number of hydrogen-bond donors (Lipinski definition) is 1. The van der Waals surface area contributed by atoms with E-state index < -0.39 is 17.5 Å². The number of fused-ring (bicyclic) bond motifs is 1. The summed E-state index contributed by atoms with van der Waals surface area (Å²) < 4.78 is 15.8. The van der Waals surface area contributed by atoms with Crippen molar-refractivity contribution in [3.63, 3.8) is 0 Å². The van der Waals surface area contributed by atoms with Gasteiger partial charge in [0.25, 0.3) is 0 Å². The molecule has 0 aromatic carbocycles. The quantitative estimate of drug-likeness (QED) is 0.866. The number of esters is 1. The molecular weight excluding hydrogens is 318 g/mol. The van der Waals surface area contributed by atoms with Crippen LogP contribution in [0.3, 0.4) is 0 Å². The van der Waals surface area contributed by atoms with Gasteiger partial charge in [0.2, 0.25) is 5.88 Å². The fourth-order valence-corrected chi connectivity index (χ4v) is 3.41. The second kappa shape index (κ2) is 5.92. The van der Waals surface area contributed by atoms with Crippen molar-refractivity contribution in [3.8, 4) is 5.75 Å². The third kappa shape index (κ3) is 2.63. The summed E-state index contributed by atoms with van der Waals surface area (Å²) in [6.07, 6.45) is 0. The third-order valence-corrected chi connectivity index (χ3v) is 4.40. The zero-order valence-corrected chi connectivity index (χ0v) is 13.4. The van der Waals surface area contributed by atoms with E-state index in [9.17, 15) is 9.59 Å². The van der Waals surface area contributed by atoms with Crippen LogP contribution in [0.2, 0.25) is 0 Å². The molecule has 0 saturated heterocycles. The van der Waals surface area contributed by atoms with Crippen molar-refractivity contribution in [1.82, 2.24) is 0 Å². The molecule has 1 atom stereocenters. The van der Waals surface area contributed by atoms with E-state index in [1.165, 1.54) is 11.3 Å². The maximum absolute atomic E-state index is 12.4. The number of aryl methyl sites for hydroxylation is 1. The molecule has 1 aliphatic heterocycles. The smallest absolute Gasteiger partial charge is 0.343 e. The predicted octanol–water partition coefficient (Wildman–Crippen LogP) is 2.27. The van der Waals surface area contributed by atoms with Crippen LogP contribution in [-0.4, -0.2) is 12.6 Å². The molecule has 0 fully saturated rings. The third-order valence-electron chi connectivity index (χ3n) is 3.46. The molecule has 2 aromatic heterocycles. The lowest BCUT2D eigenvalue weighted by atomic mass is 9.88. The number of nitrogens with two attached hydrogens (primary N) is 1. The first-order chi connectivity index (χ1) is 11.0. The van der Waals surface area contributed by atoms with Gasteiger partial charge in [-0.1, -0.05) is 6.07 Å². The molecule has 1 aliphatic rings. The van der Waals surface area contributed by atoms with E-state index in [2.05, 4.69) is 0 Å². The van der Waals surface area contributed by atoms with E-state index >= 15 is 0 Å². The molecule has 7 heteroatoms. The van der Waals surface area contributed by atoms with Crippen molar-refractivity contribution in [3.05, 3.63) is 61.7 Å². The van der Waals surface area contributed by atoms with E-state index in [0.29, 0.717) is 11.5 Å². The highest BCUT2D eigenvalue weighted by Gasteiger charge is 2.38. The van der Waals surface area contributed by atoms with Crippen LogP contribution in [-0.2, 0) is 9.53 Å². The monoisotopic (exact) mass is 333 g/mol. The summed E-state index contributed by atoms with van der Waals surface area (Å²) in [6.45, 7) is 3.54. The summed E-state index contributed by atoms with van der Waals surface area (Å²) in [4.78, 5) is 25.5. The Bertz CT molecular complexity index is 835. The molecule has 0 saturated carbocycles. The summed E-state index contributed by atoms with van der Waals surface area (Å²) in [5.74, 6) is -0.600. The Morgan fingerprint density at radius 2 is 2.26 bits per heavy atom. The van der Waals surface area contributed by atoms with E-state index in [-0.39, 0.29) is 23.6 Å². The molecule has 1 unspecified atom stereocenters. The van der Waals surface area contributed by atoms with Gasteiger partial charge in [0.1, 0.15) is 17.1 Å². The van der Waals surface area contributed by atoms with Crippen LogP contribution >= 0.6 is 11.3 Å². The molecule has 0 bridgehead atoms. The number of rotatable bonds is 3. The van der Waals surface area contributed by atoms with Gasteiger partial charge in [0, 0.05) is 10.9 Å². The van der Waals surface area contributed by atoms with Gasteiger partial charge in [-0.3, -0.25) is 0 Å². The number of carbonyl (C=O) groups excluding carboxylic acids is 1. The molecule has 0 amide bonds. The Balaban J connectivity index is 2.24. The zero-order chi connectivity index (χ0) is 16.6. The fourth-order valence-electron chi connectivity index (χ4n) is 2.57. The number of hydrogen-bond acceptors (Lipinski definition) is 7. The van der Waals surface area contributed by atoms with Gasteiger partial charge in [-0.2, -0.15) is 0 Å². The first kappa shape index (κ1) is 15.4. The van der Waals surface area contributed by atoms with Crippen LogP contribution in [0.1, 0.15) is 29.0 Å². The second-order valence-electron chi connectivity index (χ2n) is 4.97. The van der Waals surface area contributed by atoms with Crippen molar-refractivity contribution in [2.45, 2.75) is 19.8 Å². The van der Waals surface area contributed by atoms with Gasteiger partial charge >= 0.3 is 11.6 Å². The summed E-state index contributed by atoms with van der Waals surface area (Å²) in [6, 6.07) is 5.26. The second-order valence-corrected chi connectivity index (χ2v) is 5.95. The SMILES string of the molecule is CCOC(=O)C1=C(N)Oc2cc(C)oc(=O)c2C1c1cccs1. The van der Waals surface area contributed by atoms with Crippen LogP contribution in [0.4, 0.5) is 0 Å². The number of ether oxygens (including phenoxy) is 2. The van der Waals surface area contributed by atoms with Gasteiger partial charge in [-0.15, -0.1) is 11.3 Å². The Labute approximate surface area is 136 Å². The van der Waals surface area contributed by atoms with Crippen LogP contribution < -0.4 is 16.1 Å². The molecule has 0 aliphatic carbocycles. The van der Waals surface area contributed by atoms with Crippen molar-refractivity contribution in [1.29, 1.82) is 0 Å². The molecule has 3 rings (SSSR count). The highest BCUT2D eigenvalue weighted by atomic mass is 32.1. The summed E-state index contributed by atoms with van der Waals surface area (Å²) in [7, 11) is 0. The predicted molar refractivity (Wildman–Crippen MR) is 84.4 cm³/mol. The Morgan fingerprint density at radius 3 is 2.91 bits per heavy atom. The molecule has 0 spiro atoms. The largest absolute Gasteiger partial charge is 0.462 e. The zero-order valence-electron chi connectivity index (χ0n) is 12.6. The van der Waals surface area contributed by atoms with Gasteiger partial charge in [0.05, 0.1) is 18.1 Å². The van der Waals surface area contributed by atoms with Gasteiger partial charge in [0.15, 0.2) is 0 Å². The van der Waals surface area contributed by atoms with Crippen LogP contribution in [0.25, 0.3) is 0 Å². The fraction of sp³-hybridized carbons (Fsp3) is 0.250. The van der Waals surface area contributed by atoms with Crippen LogP contribution in [0.5, 0.6) is 5.75 Å². The lowest BCUT2D eigenvalue weighted by molar-refractivity contribution is -0.139. The van der Waals surface area contributed by atoms with Gasteiger partial charge in [-0.25, -0.2) is 9.59 Å². The summed E-state index contributed by atoms with van der Waals surface area (Å²) in [5.41, 5.74) is 5.78. The minimum atomic E-state index is -0.658. The number of carbonyl (C=O) groups is 1. The molecule has 0 radical (unpaired) electrons. The van der Waals surface area contributed by atoms with E-state index in [1.54, 1.807) is 19.9 Å². The van der Waals surface area contributed by atoms with Crippen LogP contribution in [0.15, 0.2) is 44.2 Å². The molecule has 120 valence electrons. The maximum atomic E-state index is 12.4. The first-order valence-corrected chi connectivity index (χ1v) is 7.93. The highest BCUT2D eigenvalue weighted by molar-refractivity contribution is 7.10. The molecule has 3 heterocycles. The molecule has 23 heavy (non-hydrogen) atoms. The van der Waals surface area contributed by atoms with E-state index in [1.807, 2.05) is 17.5 Å². The van der Waals surface area contributed by atoms with Crippen molar-refractivity contribution >= 4 is 17.3 Å². The number of thiophene rings is 1. The van der Waals surface area contributed by atoms with E-state index in [0.717, 1.165) is 4.88 Å². The Hall–Kier alpha value is -2.54. The Kier molecular flexibility index (Phi) is 3.96. The minimum Gasteiger partial charge on any atom is -0.462 e. The Morgan fingerprint density at radius 1 is 1.48 bits per heavy atom. The lowest BCUT2D eigenvalue weighted by Gasteiger charge is -2.26. The molecule has 6 nitrogen and oxygen atoms in total. The van der Waals surface area contributed by atoms with Crippen LogP contribution in [0, 0.1) is 6.92 Å². The normalized spacial score (nSPS) is 16.7. The van der Waals surface area contributed by atoms with Gasteiger partial charge in [-0.05, 0) is 25.3 Å². The standard InChI is InChI=1S/C16H15NO5S/c1-3-20-15(18)13-12(10-5-4-6-23-10)11-9(22-14(13)17)7-8(2)21-16(11)19/h4-7,12H,3,17H2,1-2H3. The summed E-state index contributed by atoms with van der Waals surface area (Å²) in [5, 5.41) is 1.86. The topological polar surface area (TPSA) is 91.8 Å². The summed E-state index contributed by atoms with van der Waals surface area (Å²) >= 11 is 1.41. The first-order valence-electron chi connectivity index (χ1n) is 7.05. The average Bonchev–Trinajstić information content (AvgIpc) is 2.99. The molecule has 2 N–H and O–H groups in total. The van der Waals surface area contributed by atoms with Crippen molar-refractivity contribution in [2.75, 3.05) is 6.61 Å². The van der Waals surface area contributed by atoms with Crippen molar-refractivity contribution < 1.29 is 18.7 Å². The maximum Gasteiger partial charge on any atom is 0.343 e. The molecule has 2 aromatic rings. The lowest BCUT2D eigenvalue weighted by Crippen LogP contribution is -2.30. The van der Waals surface area contributed by atoms with Crippen molar-refractivity contribution in [2.24, 2.45) is 5.73 Å².